The summed E-state index contributed by atoms with van der Waals surface area (Å²) in [7, 11) is 1.35. The Morgan fingerprint density at radius 2 is 2.20 bits per heavy atom. The summed E-state index contributed by atoms with van der Waals surface area (Å²) in [6.45, 7) is 0. The number of methoxy groups -OCH3 is 1. The van der Waals surface area contributed by atoms with Gasteiger partial charge in [0.05, 0.1) is 26.2 Å². The van der Waals surface area contributed by atoms with E-state index in [0.717, 1.165) is 13.9 Å². The first kappa shape index (κ1) is 10.9. The molecule has 0 unspecified atom stereocenters. The minimum Gasteiger partial charge on any atom is -0.465 e. The molecule has 0 atom stereocenters. The molecule has 0 spiro atoms. The maximum Gasteiger partial charge on any atom is 0.337 e. The van der Waals surface area contributed by atoms with Crippen LogP contribution in [0.25, 0.3) is 10.1 Å². The third kappa shape index (κ3) is 2.02. The van der Waals surface area contributed by atoms with Gasteiger partial charge in [0, 0.05) is 0 Å². The number of hydrogen-bond acceptors (Lipinski definition) is 3. The fourth-order valence-electron chi connectivity index (χ4n) is 1.31. The number of benzene rings is 1. The van der Waals surface area contributed by atoms with Gasteiger partial charge >= 0.3 is 5.97 Å². The lowest BCUT2D eigenvalue weighted by Crippen LogP contribution is -2.00. The van der Waals surface area contributed by atoms with Gasteiger partial charge in [-0.3, -0.25) is 0 Å². The Kier molecular flexibility index (Phi) is 3.00. The van der Waals surface area contributed by atoms with Crippen LogP contribution in [0.5, 0.6) is 0 Å². The quantitative estimate of drug-likeness (QED) is 0.741. The van der Waals surface area contributed by atoms with E-state index >= 15 is 0 Å². The Morgan fingerprint density at radius 3 is 2.87 bits per heavy atom. The van der Waals surface area contributed by atoms with Crippen LogP contribution in [-0.4, -0.2) is 13.1 Å². The van der Waals surface area contributed by atoms with Gasteiger partial charge in [-0.1, -0.05) is 11.6 Å². The van der Waals surface area contributed by atoms with Crippen molar-refractivity contribution in [3.63, 3.8) is 0 Å². The van der Waals surface area contributed by atoms with Crippen molar-refractivity contribution in [2.45, 2.75) is 0 Å². The summed E-state index contributed by atoms with van der Waals surface area (Å²) in [6, 6.07) is 5.32. The molecule has 78 valence electrons. The van der Waals surface area contributed by atoms with Gasteiger partial charge in [0.1, 0.15) is 0 Å². The standard InChI is InChI=1S/C10H6BrClO2S/c1-14-10(13)6-2-5-4-8(11)15-9(5)7(12)3-6/h2-4H,1H3. The van der Waals surface area contributed by atoms with E-state index < -0.39 is 0 Å². The first-order chi connectivity index (χ1) is 7.11. The van der Waals surface area contributed by atoms with Gasteiger partial charge in [-0.2, -0.15) is 0 Å². The second-order valence-electron chi connectivity index (χ2n) is 2.92. The second-order valence-corrected chi connectivity index (χ2v) is 5.76. The monoisotopic (exact) mass is 304 g/mol. The molecule has 0 aliphatic heterocycles. The number of halogens is 2. The molecule has 15 heavy (non-hydrogen) atoms. The Balaban J connectivity index is 2.66. The molecule has 0 fully saturated rings. The summed E-state index contributed by atoms with van der Waals surface area (Å²) in [4.78, 5) is 11.3. The van der Waals surface area contributed by atoms with E-state index in [1.54, 1.807) is 12.1 Å². The van der Waals surface area contributed by atoms with Crippen LogP contribution in [0.3, 0.4) is 0 Å². The first-order valence-electron chi connectivity index (χ1n) is 4.08. The van der Waals surface area contributed by atoms with E-state index in [4.69, 9.17) is 11.6 Å². The average Bonchev–Trinajstić information content (AvgIpc) is 2.58. The number of rotatable bonds is 1. The van der Waals surface area contributed by atoms with Crippen molar-refractivity contribution >= 4 is 54.9 Å². The van der Waals surface area contributed by atoms with Crippen LogP contribution in [0.4, 0.5) is 0 Å². The van der Waals surface area contributed by atoms with Crippen molar-refractivity contribution in [1.29, 1.82) is 0 Å². The molecule has 1 heterocycles. The van der Waals surface area contributed by atoms with Crippen molar-refractivity contribution in [3.05, 3.63) is 32.6 Å². The van der Waals surface area contributed by atoms with E-state index in [0.29, 0.717) is 10.6 Å². The van der Waals surface area contributed by atoms with E-state index in [-0.39, 0.29) is 5.97 Å². The molecule has 2 aromatic rings. The van der Waals surface area contributed by atoms with Gasteiger partial charge in [-0.05, 0) is 39.5 Å². The smallest absolute Gasteiger partial charge is 0.337 e. The minimum atomic E-state index is -0.374. The zero-order valence-electron chi connectivity index (χ0n) is 7.71. The molecule has 0 aliphatic carbocycles. The summed E-state index contributed by atoms with van der Waals surface area (Å²) >= 11 is 11.0. The third-order valence-electron chi connectivity index (χ3n) is 1.96. The van der Waals surface area contributed by atoms with Gasteiger partial charge in [0.15, 0.2) is 0 Å². The predicted octanol–water partition coefficient (Wildman–Crippen LogP) is 4.10. The maximum atomic E-state index is 11.3. The van der Waals surface area contributed by atoms with E-state index in [1.165, 1.54) is 18.4 Å². The summed E-state index contributed by atoms with van der Waals surface area (Å²) in [5, 5.41) is 1.52. The van der Waals surface area contributed by atoms with Crippen LogP contribution in [0.2, 0.25) is 5.02 Å². The molecule has 0 radical (unpaired) electrons. The molecule has 1 aromatic heterocycles. The van der Waals surface area contributed by atoms with Gasteiger partial charge in [-0.25, -0.2) is 4.79 Å². The lowest BCUT2D eigenvalue weighted by Gasteiger charge is -2.00. The fraction of sp³-hybridized carbons (Fsp3) is 0.100. The summed E-state index contributed by atoms with van der Waals surface area (Å²) in [5.41, 5.74) is 0.473. The zero-order chi connectivity index (χ0) is 11.0. The molecular formula is C10H6BrClO2S. The van der Waals surface area contributed by atoms with Gasteiger partial charge in [-0.15, -0.1) is 11.3 Å². The highest BCUT2D eigenvalue weighted by molar-refractivity contribution is 9.11. The van der Waals surface area contributed by atoms with Gasteiger partial charge in [0.25, 0.3) is 0 Å². The normalized spacial score (nSPS) is 10.6. The largest absolute Gasteiger partial charge is 0.465 e. The first-order valence-corrected chi connectivity index (χ1v) is 6.07. The van der Waals surface area contributed by atoms with Gasteiger partial charge < -0.3 is 4.74 Å². The number of fused-ring (bicyclic) bond motifs is 1. The summed E-state index contributed by atoms with van der Waals surface area (Å²) in [5.74, 6) is -0.374. The highest BCUT2D eigenvalue weighted by Crippen LogP contribution is 2.35. The molecule has 0 aliphatic rings. The molecule has 0 saturated carbocycles. The van der Waals surface area contributed by atoms with Crippen molar-refractivity contribution in [1.82, 2.24) is 0 Å². The Morgan fingerprint density at radius 1 is 1.47 bits per heavy atom. The second kappa shape index (κ2) is 4.12. The van der Waals surface area contributed by atoms with Crippen molar-refractivity contribution in [2.24, 2.45) is 0 Å². The van der Waals surface area contributed by atoms with Crippen LogP contribution in [0, 0.1) is 0 Å². The topological polar surface area (TPSA) is 26.3 Å². The molecule has 1 aromatic carbocycles. The predicted molar refractivity (Wildman–Crippen MR) is 65.9 cm³/mol. The van der Waals surface area contributed by atoms with Crippen LogP contribution in [-0.2, 0) is 4.74 Å². The van der Waals surface area contributed by atoms with Crippen LogP contribution in [0.15, 0.2) is 22.0 Å². The fourth-order valence-corrected chi connectivity index (χ4v) is 3.16. The minimum absolute atomic E-state index is 0.374. The van der Waals surface area contributed by atoms with Crippen LogP contribution < -0.4 is 0 Å². The molecule has 0 bridgehead atoms. The lowest BCUT2D eigenvalue weighted by molar-refractivity contribution is 0.0601. The molecule has 0 amide bonds. The number of hydrogen-bond donors (Lipinski definition) is 0. The number of carbonyl (C=O) groups is 1. The number of carbonyl (C=O) groups excluding carboxylic acids is 1. The molecule has 0 saturated heterocycles. The summed E-state index contributed by atoms with van der Waals surface area (Å²) in [6.07, 6.45) is 0. The number of thiophene rings is 1. The molecule has 2 nitrogen and oxygen atoms in total. The average molecular weight is 306 g/mol. The van der Waals surface area contributed by atoms with Gasteiger partial charge in [0.2, 0.25) is 0 Å². The maximum absolute atomic E-state index is 11.3. The van der Waals surface area contributed by atoms with E-state index in [1.807, 2.05) is 6.07 Å². The van der Waals surface area contributed by atoms with Crippen molar-refractivity contribution in [3.8, 4) is 0 Å². The van der Waals surface area contributed by atoms with E-state index in [2.05, 4.69) is 20.7 Å². The van der Waals surface area contributed by atoms with Crippen LogP contribution in [0.1, 0.15) is 10.4 Å². The lowest BCUT2D eigenvalue weighted by atomic mass is 10.2. The van der Waals surface area contributed by atoms with Crippen molar-refractivity contribution < 1.29 is 9.53 Å². The summed E-state index contributed by atoms with van der Waals surface area (Å²) < 4.78 is 6.60. The number of ether oxygens (including phenoxy) is 1. The van der Waals surface area contributed by atoms with E-state index in [9.17, 15) is 4.79 Å². The molecule has 2 rings (SSSR count). The molecular weight excluding hydrogens is 300 g/mol. The highest BCUT2D eigenvalue weighted by Gasteiger charge is 2.11. The third-order valence-corrected chi connectivity index (χ3v) is 4.06. The van der Waals surface area contributed by atoms with Crippen molar-refractivity contribution in [2.75, 3.05) is 7.11 Å². The SMILES string of the molecule is COC(=O)c1cc(Cl)c2sc(Br)cc2c1. The number of esters is 1. The highest BCUT2D eigenvalue weighted by atomic mass is 79.9. The Labute approximate surface area is 104 Å². The Hall–Kier alpha value is -0.580. The van der Waals surface area contributed by atoms with Crippen LogP contribution >= 0.6 is 38.9 Å². The molecule has 5 heteroatoms. The molecule has 0 N–H and O–H groups in total. The Bertz CT molecular complexity index is 535. The zero-order valence-corrected chi connectivity index (χ0v) is 10.9.